The van der Waals surface area contributed by atoms with Crippen LogP contribution in [0, 0.1) is 6.92 Å². The van der Waals surface area contributed by atoms with Crippen LogP contribution in [-0.2, 0) is 30.4 Å². The fourth-order valence-electron chi connectivity index (χ4n) is 3.64. The molecular weight excluding hydrogens is 667 g/mol. The van der Waals surface area contributed by atoms with Gasteiger partial charge in [-0.1, -0.05) is 18.2 Å². The van der Waals surface area contributed by atoms with Gasteiger partial charge >= 0.3 is 88.7 Å². The van der Waals surface area contributed by atoms with E-state index in [2.05, 4.69) is 25.8 Å². The van der Waals surface area contributed by atoms with Gasteiger partial charge in [-0.05, 0) is 67.1 Å². The van der Waals surface area contributed by atoms with E-state index in [-0.39, 0.29) is 117 Å². The van der Waals surface area contributed by atoms with Crippen molar-refractivity contribution in [3.05, 3.63) is 78.4 Å². The van der Waals surface area contributed by atoms with E-state index >= 15 is 0 Å². The van der Waals surface area contributed by atoms with Crippen LogP contribution < -0.4 is 94.0 Å². The Morgan fingerprint density at radius 1 is 0.614 bits per heavy atom. The second kappa shape index (κ2) is 16.6. The van der Waals surface area contributed by atoms with Crippen molar-refractivity contribution in [3.8, 4) is 0 Å². The van der Waals surface area contributed by atoms with Crippen LogP contribution in [0.2, 0.25) is 0 Å². The van der Waals surface area contributed by atoms with Crippen molar-refractivity contribution in [2.24, 2.45) is 20.5 Å². The van der Waals surface area contributed by atoms with Gasteiger partial charge in [-0.3, -0.25) is 0 Å². The molecule has 0 unspecified atom stereocenters. The predicted molar refractivity (Wildman–Crippen MR) is 144 cm³/mol. The topological polar surface area (TPSA) is 233 Å². The van der Waals surface area contributed by atoms with Crippen LogP contribution in [0.4, 0.5) is 28.4 Å². The standard InChI is InChI=1S/C24H21N5O9S3.3Na/c1-15-12-16(25-14-39(30,31)32)6-9-20(15)26-28-22-11-10-21(18-8-7-17(13-19(18)22)40(33,34)35)27-29-23-4-2-3-5-24(23)41(36,37)38;;;/h2-13,25H,14H2,1H3,(H,30,31,32)(H,33,34,35)(H,36,37,38);;;/q;3*+1/p-3. The van der Waals surface area contributed by atoms with E-state index in [1.54, 1.807) is 13.0 Å². The summed E-state index contributed by atoms with van der Waals surface area (Å²) in [6, 6.07) is 16.0. The van der Waals surface area contributed by atoms with Crippen LogP contribution in [0.5, 0.6) is 0 Å². The summed E-state index contributed by atoms with van der Waals surface area (Å²) in [4.78, 5) is -1.12. The van der Waals surface area contributed by atoms with E-state index in [1.807, 2.05) is 0 Å². The van der Waals surface area contributed by atoms with Gasteiger partial charge in [0.1, 0.15) is 41.9 Å². The average Bonchev–Trinajstić information content (AvgIpc) is 2.89. The Morgan fingerprint density at radius 3 is 1.73 bits per heavy atom. The summed E-state index contributed by atoms with van der Waals surface area (Å²) in [6.07, 6.45) is 0. The number of anilines is 1. The van der Waals surface area contributed by atoms with Gasteiger partial charge in [0, 0.05) is 16.5 Å². The third-order valence-electron chi connectivity index (χ3n) is 5.55. The van der Waals surface area contributed by atoms with Crippen LogP contribution in [-0.4, -0.2) is 44.8 Å². The number of fused-ring (bicyclic) bond motifs is 1. The molecule has 4 aromatic rings. The molecule has 0 aliphatic heterocycles. The molecule has 0 fully saturated rings. The molecule has 14 nitrogen and oxygen atoms in total. The maximum atomic E-state index is 11.7. The summed E-state index contributed by atoms with van der Waals surface area (Å²) in [7, 11) is -14.2. The molecule has 0 saturated carbocycles. The molecule has 0 aliphatic carbocycles. The number of benzene rings is 4. The van der Waals surface area contributed by atoms with Gasteiger partial charge in [-0.25, -0.2) is 25.3 Å². The smallest absolute Gasteiger partial charge is 0.747 e. The van der Waals surface area contributed by atoms with E-state index in [1.165, 1.54) is 48.5 Å². The molecule has 0 atom stereocenters. The van der Waals surface area contributed by atoms with Crippen molar-refractivity contribution >= 4 is 69.6 Å². The molecule has 4 aromatic carbocycles. The summed E-state index contributed by atoms with van der Waals surface area (Å²) in [6.45, 7) is 1.66. The summed E-state index contributed by atoms with van der Waals surface area (Å²) < 4.78 is 102. The molecule has 0 aromatic heterocycles. The van der Waals surface area contributed by atoms with Crippen molar-refractivity contribution in [1.82, 2.24) is 0 Å². The Kier molecular flexibility index (Phi) is 15.4. The normalized spacial score (nSPS) is 12.0. The molecule has 0 spiro atoms. The van der Waals surface area contributed by atoms with Crippen LogP contribution in [0.3, 0.4) is 0 Å². The van der Waals surface area contributed by atoms with Gasteiger partial charge in [0.2, 0.25) is 0 Å². The molecule has 0 saturated heterocycles. The molecule has 0 radical (unpaired) electrons. The van der Waals surface area contributed by atoms with E-state index in [0.29, 0.717) is 16.9 Å². The van der Waals surface area contributed by atoms with Crippen LogP contribution >= 0.6 is 0 Å². The first kappa shape index (κ1) is 40.9. The molecule has 44 heavy (non-hydrogen) atoms. The summed E-state index contributed by atoms with van der Waals surface area (Å²) in [5.41, 5.74) is 1.36. The van der Waals surface area contributed by atoms with Crippen molar-refractivity contribution in [2.75, 3.05) is 11.2 Å². The number of aryl methyl sites for hydroxylation is 1. The second-order valence-electron chi connectivity index (χ2n) is 8.47. The fraction of sp³-hybridized carbons (Fsp3) is 0.0833. The van der Waals surface area contributed by atoms with Gasteiger partial charge in [0.15, 0.2) is 0 Å². The summed E-state index contributed by atoms with van der Waals surface area (Å²) in [5, 5.41) is 19.2. The molecule has 0 amide bonds. The minimum atomic E-state index is -4.85. The maximum absolute atomic E-state index is 11.7. The van der Waals surface area contributed by atoms with E-state index in [4.69, 9.17) is 0 Å². The SMILES string of the molecule is Cc1cc(NCS(=O)(=O)[O-])ccc1N=Nc1ccc(N=Nc2ccccc2S(=O)(=O)[O-])c2ccc(S(=O)(=O)[O-])cc12.[Na+].[Na+].[Na+]. The minimum Gasteiger partial charge on any atom is -0.747 e. The average molecular weight is 686 g/mol. The second-order valence-corrected chi connectivity index (χ2v) is 12.6. The van der Waals surface area contributed by atoms with Gasteiger partial charge in [0.05, 0.1) is 26.9 Å². The number of rotatable bonds is 9. The van der Waals surface area contributed by atoms with Crippen LogP contribution in [0.15, 0.2) is 103 Å². The van der Waals surface area contributed by atoms with Crippen molar-refractivity contribution < 1.29 is 128 Å². The number of azo groups is 2. The first-order valence-electron chi connectivity index (χ1n) is 11.3. The van der Waals surface area contributed by atoms with Gasteiger partial charge in [-0.15, -0.1) is 15.3 Å². The number of nitrogens with one attached hydrogen (secondary N) is 1. The molecule has 4 rings (SSSR count). The van der Waals surface area contributed by atoms with Crippen molar-refractivity contribution in [2.45, 2.75) is 16.7 Å². The first-order valence-corrected chi connectivity index (χ1v) is 15.7. The quantitative estimate of drug-likeness (QED) is 0.101. The zero-order valence-corrected chi connectivity index (χ0v) is 32.3. The van der Waals surface area contributed by atoms with Crippen LogP contribution in [0.25, 0.3) is 10.8 Å². The monoisotopic (exact) mass is 685 g/mol. The molecule has 0 bridgehead atoms. The summed E-state index contributed by atoms with van der Waals surface area (Å²) in [5.74, 6) is -0.799. The number of hydrogen-bond donors (Lipinski definition) is 1. The largest absolute Gasteiger partial charge is 1.00 e. The molecule has 214 valence electrons. The zero-order valence-electron chi connectivity index (χ0n) is 23.8. The molecular formula is C24H18N5Na3O9S3. The van der Waals surface area contributed by atoms with Crippen LogP contribution in [0.1, 0.15) is 5.56 Å². The van der Waals surface area contributed by atoms with E-state index in [0.717, 1.165) is 18.2 Å². The minimum absolute atomic E-state index is 0. The van der Waals surface area contributed by atoms with Gasteiger partial charge < -0.3 is 19.0 Å². The molecule has 0 heterocycles. The van der Waals surface area contributed by atoms with Crippen molar-refractivity contribution in [1.29, 1.82) is 0 Å². The third kappa shape index (κ3) is 11.0. The molecule has 0 aliphatic rings. The maximum Gasteiger partial charge on any atom is 1.00 e. The van der Waals surface area contributed by atoms with E-state index < -0.39 is 46.0 Å². The number of hydrogen-bond acceptors (Lipinski definition) is 14. The Balaban J connectivity index is 0.00000323. The molecule has 1 N–H and O–H groups in total. The summed E-state index contributed by atoms with van der Waals surface area (Å²) >= 11 is 0. The fourth-order valence-corrected chi connectivity index (χ4v) is 5.09. The number of nitrogens with zero attached hydrogens (tertiary/aromatic N) is 4. The van der Waals surface area contributed by atoms with Gasteiger partial charge in [-0.2, -0.15) is 5.11 Å². The Labute approximate surface area is 320 Å². The van der Waals surface area contributed by atoms with Gasteiger partial charge in [0.25, 0.3) is 0 Å². The van der Waals surface area contributed by atoms with Crippen molar-refractivity contribution in [3.63, 3.8) is 0 Å². The molecule has 20 heteroatoms. The Morgan fingerprint density at radius 2 is 1.16 bits per heavy atom. The Bertz CT molecular complexity index is 2060. The third-order valence-corrected chi connectivity index (χ3v) is 7.76. The van der Waals surface area contributed by atoms with E-state index in [9.17, 15) is 38.9 Å². The Hall–Kier alpha value is -1.13. The zero-order chi connectivity index (χ0) is 30.0. The first-order chi connectivity index (χ1) is 19.1. The predicted octanol–water partition coefficient (Wildman–Crippen LogP) is -4.29.